The molecule has 6 nitrogen and oxygen atoms in total. The number of amides is 1. The van der Waals surface area contributed by atoms with E-state index in [1.165, 1.54) is 6.07 Å². The molecule has 1 aromatic rings. The predicted molar refractivity (Wildman–Crippen MR) is 75.1 cm³/mol. The Balaban J connectivity index is 2.05. The van der Waals surface area contributed by atoms with Crippen LogP contribution >= 0.6 is 0 Å². The van der Waals surface area contributed by atoms with Crippen LogP contribution < -0.4 is 5.32 Å². The number of carbonyl (C=O) groups excluding carboxylic acids is 1. The summed E-state index contributed by atoms with van der Waals surface area (Å²) in [5.74, 6) is 0.356. The van der Waals surface area contributed by atoms with Crippen molar-refractivity contribution >= 4 is 11.6 Å². The Morgan fingerprint density at radius 1 is 1.50 bits per heavy atom. The molecule has 0 saturated carbocycles. The van der Waals surface area contributed by atoms with Crippen LogP contribution in [-0.4, -0.2) is 35.9 Å². The SMILES string of the molecule is CC(C(=O)N(C)Cc1ccccc1[N+](=O)[O-])C1CNC1. The van der Waals surface area contributed by atoms with Gasteiger partial charge in [-0.15, -0.1) is 0 Å². The molecule has 20 heavy (non-hydrogen) atoms. The molecule has 1 heterocycles. The topological polar surface area (TPSA) is 75.5 Å². The maximum atomic E-state index is 12.3. The van der Waals surface area contributed by atoms with E-state index < -0.39 is 4.92 Å². The van der Waals surface area contributed by atoms with Crippen molar-refractivity contribution in [3.8, 4) is 0 Å². The van der Waals surface area contributed by atoms with Gasteiger partial charge in [-0.2, -0.15) is 0 Å². The zero-order valence-electron chi connectivity index (χ0n) is 11.7. The van der Waals surface area contributed by atoms with Gasteiger partial charge in [0.15, 0.2) is 0 Å². The maximum Gasteiger partial charge on any atom is 0.274 e. The van der Waals surface area contributed by atoms with E-state index in [1.807, 2.05) is 6.92 Å². The van der Waals surface area contributed by atoms with Crippen molar-refractivity contribution in [3.63, 3.8) is 0 Å². The monoisotopic (exact) mass is 277 g/mol. The van der Waals surface area contributed by atoms with Gasteiger partial charge in [0.25, 0.3) is 5.69 Å². The lowest BCUT2D eigenvalue weighted by Gasteiger charge is -2.33. The summed E-state index contributed by atoms with van der Waals surface area (Å²) in [7, 11) is 1.70. The third-order valence-corrected chi connectivity index (χ3v) is 3.88. The number of nitro benzene ring substituents is 1. The summed E-state index contributed by atoms with van der Waals surface area (Å²) in [4.78, 5) is 24.4. The van der Waals surface area contributed by atoms with Gasteiger partial charge in [0.2, 0.25) is 5.91 Å². The van der Waals surface area contributed by atoms with Crippen molar-refractivity contribution in [2.75, 3.05) is 20.1 Å². The van der Waals surface area contributed by atoms with E-state index in [-0.39, 0.29) is 24.1 Å². The Morgan fingerprint density at radius 3 is 2.70 bits per heavy atom. The number of nitrogens with zero attached hydrogens (tertiary/aromatic N) is 2. The first-order valence-corrected chi connectivity index (χ1v) is 6.68. The van der Waals surface area contributed by atoms with Crippen molar-refractivity contribution in [2.45, 2.75) is 13.5 Å². The number of nitrogens with one attached hydrogen (secondary N) is 1. The summed E-state index contributed by atoms with van der Waals surface area (Å²) in [6.45, 7) is 3.92. The van der Waals surface area contributed by atoms with Gasteiger partial charge < -0.3 is 10.2 Å². The van der Waals surface area contributed by atoms with E-state index in [2.05, 4.69) is 5.32 Å². The molecule has 1 unspecified atom stereocenters. The third-order valence-electron chi connectivity index (χ3n) is 3.88. The quantitative estimate of drug-likeness (QED) is 0.652. The van der Waals surface area contributed by atoms with E-state index in [1.54, 1.807) is 30.1 Å². The normalized spacial score (nSPS) is 16.3. The lowest BCUT2D eigenvalue weighted by atomic mass is 9.88. The molecule has 1 aromatic carbocycles. The molecule has 1 saturated heterocycles. The molecule has 0 radical (unpaired) electrons. The first kappa shape index (κ1) is 14.5. The molecule has 2 rings (SSSR count). The molecule has 1 fully saturated rings. The summed E-state index contributed by atoms with van der Waals surface area (Å²) < 4.78 is 0. The number of hydrogen-bond acceptors (Lipinski definition) is 4. The highest BCUT2D eigenvalue weighted by Gasteiger charge is 2.30. The maximum absolute atomic E-state index is 12.3. The fourth-order valence-electron chi connectivity index (χ4n) is 2.37. The van der Waals surface area contributed by atoms with Crippen LogP contribution in [0.1, 0.15) is 12.5 Å². The van der Waals surface area contributed by atoms with Gasteiger partial charge in [0.1, 0.15) is 0 Å². The van der Waals surface area contributed by atoms with Crippen LogP contribution in [0.15, 0.2) is 24.3 Å². The minimum absolute atomic E-state index is 0.0367. The summed E-state index contributed by atoms with van der Waals surface area (Å²) in [6.07, 6.45) is 0. The second kappa shape index (κ2) is 6.00. The Morgan fingerprint density at radius 2 is 2.15 bits per heavy atom. The minimum Gasteiger partial charge on any atom is -0.341 e. The first-order valence-electron chi connectivity index (χ1n) is 6.68. The van der Waals surface area contributed by atoms with E-state index in [9.17, 15) is 14.9 Å². The lowest BCUT2D eigenvalue weighted by Crippen LogP contribution is -2.49. The largest absolute Gasteiger partial charge is 0.341 e. The lowest BCUT2D eigenvalue weighted by molar-refractivity contribution is -0.385. The third kappa shape index (κ3) is 2.96. The van der Waals surface area contributed by atoms with Crippen molar-refractivity contribution in [2.24, 2.45) is 11.8 Å². The molecule has 108 valence electrons. The van der Waals surface area contributed by atoms with Crippen LogP contribution in [0.5, 0.6) is 0 Å². The molecular weight excluding hydrogens is 258 g/mol. The van der Waals surface area contributed by atoms with Crippen LogP contribution in [0.4, 0.5) is 5.69 Å². The standard InChI is InChI=1S/C14H19N3O3/c1-10(12-7-15-8-12)14(18)16(2)9-11-5-3-4-6-13(11)17(19)20/h3-6,10,12,15H,7-9H2,1-2H3. The number of para-hydroxylation sites is 1. The zero-order chi connectivity index (χ0) is 14.7. The Kier molecular flexibility index (Phi) is 4.34. The summed E-state index contributed by atoms with van der Waals surface area (Å²) in [5.41, 5.74) is 0.623. The highest BCUT2D eigenvalue weighted by molar-refractivity contribution is 5.78. The summed E-state index contributed by atoms with van der Waals surface area (Å²) in [6, 6.07) is 6.54. The van der Waals surface area contributed by atoms with Gasteiger partial charge in [0.05, 0.1) is 11.5 Å². The second-order valence-electron chi connectivity index (χ2n) is 5.29. The average Bonchev–Trinajstić information content (AvgIpc) is 2.36. The summed E-state index contributed by atoms with van der Waals surface area (Å²) in [5, 5.41) is 14.1. The van der Waals surface area contributed by atoms with Crippen molar-refractivity contribution in [3.05, 3.63) is 39.9 Å². The predicted octanol–water partition coefficient (Wildman–Crippen LogP) is 1.41. The van der Waals surface area contributed by atoms with Gasteiger partial charge in [-0.05, 0) is 19.0 Å². The Hall–Kier alpha value is -1.95. The van der Waals surface area contributed by atoms with E-state index in [0.29, 0.717) is 11.5 Å². The second-order valence-corrected chi connectivity index (χ2v) is 5.29. The molecule has 0 aliphatic carbocycles. The first-order chi connectivity index (χ1) is 9.50. The van der Waals surface area contributed by atoms with Crippen molar-refractivity contribution < 1.29 is 9.72 Å². The molecule has 1 atom stereocenters. The average molecular weight is 277 g/mol. The van der Waals surface area contributed by atoms with E-state index in [0.717, 1.165) is 13.1 Å². The van der Waals surface area contributed by atoms with E-state index in [4.69, 9.17) is 0 Å². The van der Waals surface area contributed by atoms with Crippen molar-refractivity contribution in [1.29, 1.82) is 0 Å². The minimum atomic E-state index is -0.410. The molecule has 1 amide bonds. The number of nitro groups is 1. The van der Waals surface area contributed by atoms with Gasteiger partial charge in [-0.1, -0.05) is 25.1 Å². The highest BCUT2D eigenvalue weighted by atomic mass is 16.6. The number of rotatable bonds is 5. The van der Waals surface area contributed by atoms with Crippen LogP contribution in [0.3, 0.4) is 0 Å². The molecular formula is C14H19N3O3. The van der Waals surface area contributed by atoms with Gasteiger partial charge >= 0.3 is 0 Å². The van der Waals surface area contributed by atoms with Crippen LogP contribution in [0, 0.1) is 22.0 Å². The number of hydrogen-bond donors (Lipinski definition) is 1. The molecule has 1 N–H and O–H groups in total. The smallest absolute Gasteiger partial charge is 0.274 e. The van der Waals surface area contributed by atoms with Gasteiger partial charge in [0, 0.05) is 24.6 Å². The zero-order valence-corrected chi connectivity index (χ0v) is 11.7. The van der Waals surface area contributed by atoms with Gasteiger partial charge in [-0.25, -0.2) is 0 Å². The van der Waals surface area contributed by atoms with Crippen LogP contribution in [-0.2, 0) is 11.3 Å². The van der Waals surface area contributed by atoms with Gasteiger partial charge in [-0.3, -0.25) is 14.9 Å². The summed E-state index contributed by atoms with van der Waals surface area (Å²) >= 11 is 0. The molecule has 0 aromatic heterocycles. The molecule has 0 spiro atoms. The Labute approximate surface area is 117 Å². The van der Waals surface area contributed by atoms with E-state index >= 15 is 0 Å². The Bertz CT molecular complexity index is 514. The fourth-order valence-corrected chi connectivity index (χ4v) is 2.37. The van der Waals surface area contributed by atoms with Crippen LogP contribution in [0.25, 0.3) is 0 Å². The molecule has 1 aliphatic rings. The van der Waals surface area contributed by atoms with Crippen LogP contribution in [0.2, 0.25) is 0 Å². The number of benzene rings is 1. The molecule has 6 heteroatoms. The highest BCUT2D eigenvalue weighted by Crippen LogP contribution is 2.22. The molecule has 0 bridgehead atoms. The van der Waals surface area contributed by atoms with Crippen molar-refractivity contribution in [1.82, 2.24) is 10.2 Å². The molecule has 1 aliphatic heterocycles. The fraction of sp³-hybridized carbons (Fsp3) is 0.500. The number of carbonyl (C=O) groups is 1.